The SMILES string of the molecule is CCCCCCCCCCCCCCCC(=O)OC[C@H]1O[C@@H](OC2CC[C@@]3(C)C(=CC[C@H]4[C@@H]5CC[C@H](C(C)/C=C/[C@H](CC)C(C)C)[C@@]5(C)CC[C@@H]43)C2)[C@H](O)[C@@H](O)[C@@H]1O. The van der Waals surface area contributed by atoms with Crippen molar-refractivity contribution in [3.8, 4) is 0 Å². The zero-order chi connectivity index (χ0) is 41.9. The number of hydrogen-bond donors (Lipinski definition) is 3. The van der Waals surface area contributed by atoms with E-state index in [0.29, 0.717) is 35.5 Å². The van der Waals surface area contributed by atoms with E-state index in [1.165, 1.54) is 102 Å². The van der Waals surface area contributed by atoms with E-state index in [2.05, 4.69) is 66.7 Å². The molecule has 1 saturated heterocycles. The van der Waals surface area contributed by atoms with Crippen LogP contribution in [0.2, 0.25) is 0 Å². The van der Waals surface area contributed by atoms with Crippen LogP contribution in [0, 0.1) is 52.3 Å². The Bertz CT molecular complexity index is 1300. The molecule has 0 aromatic carbocycles. The smallest absolute Gasteiger partial charge is 0.305 e. The summed E-state index contributed by atoms with van der Waals surface area (Å²) in [5, 5.41) is 32.5. The van der Waals surface area contributed by atoms with E-state index in [1.54, 1.807) is 0 Å². The molecule has 4 fully saturated rings. The lowest BCUT2D eigenvalue weighted by atomic mass is 9.47. The molecule has 5 rings (SSSR count). The van der Waals surface area contributed by atoms with Crippen LogP contribution in [0.4, 0.5) is 0 Å². The molecule has 2 unspecified atom stereocenters. The van der Waals surface area contributed by atoms with Gasteiger partial charge in [-0.2, -0.15) is 0 Å². The number of hydrogen-bond acceptors (Lipinski definition) is 7. The summed E-state index contributed by atoms with van der Waals surface area (Å²) in [7, 11) is 0. The Labute approximate surface area is 354 Å². The van der Waals surface area contributed by atoms with Crippen LogP contribution < -0.4 is 0 Å². The van der Waals surface area contributed by atoms with Gasteiger partial charge in [0.05, 0.1) is 6.10 Å². The number of unbranched alkanes of at least 4 members (excludes halogenated alkanes) is 12. The predicted molar refractivity (Wildman–Crippen MR) is 235 cm³/mol. The first-order chi connectivity index (χ1) is 27.8. The fourth-order valence-electron chi connectivity index (χ4n) is 12.8. The maximum atomic E-state index is 12.6. The molecule has 0 amide bonds. The van der Waals surface area contributed by atoms with Gasteiger partial charge >= 0.3 is 5.97 Å². The highest BCUT2D eigenvalue weighted by Gasteiger charge is 2.59. The lowest BCUT2D eigenvalue weighted by Crippen LogP contribution is -2.60. The lowest BCUT2D eigenvalue weighted by Gasteiger charge is -2.58. The van der Waals surface area contributed by atoms with Crippen molar-refractivity contribution in [1.82, 2.24) is 0 Å². The summed E-state index contributed by atoms with van der Waals surface area (Å²) in [4.78, 5) is 12.6. The van der Waals surface area contributed by atoms with Crippen LogP contribution >= 0.6 is 0 Å². The van der Waals surface area contributed by atoms with Gasteiger partial charge in [-0.1, -0.05) is 149 Å². The zero-order valence-electron chi connectivity index (χ0n) is 38.2. The van der Waals surface area contributed by atoms with Gasteiger partial charge in [0.15, 0.2) is 6.29 Å². The fraction of sp³-hybridized carbons (Fsp3) is 0.902. The number of rotatable bonds is 23. The van der Waals surface area contributed by atoms with E-state index < -0.39 is 30.7 Å². The Morgan fingerprint density at radius 2 is 1.47 bits per heavy atom. The Morgan fingerprint density at radius 3 is 2.10 bits per heavy atom. The summed E-state index contributed by atoms with van der Waals surface area (Å²) in [5.41, 5.74) is 2.05. The third kappa shape index (κ3) is 11.8. The Kier molecular flexibility index (Phi) is 18.7. The quantitative estimate of drug-likeness (QED) is 0.0536. The van der Waals surface area contributed by atoms with Crippen molar-refractivity contribution in [2.75, 3.05) is 6.61 Å². The van der Waals surface area contributed by atoms with Crippen LogP contribution in [-0.2, 0) is 19.0 Å². The zero-order valence-corrected chi connectivity index (χ0v) is 38.2. The molecule has 1 aliphatic heterocycles. The fourth-order valence-corrected chi connectivity index (χ4v) is 12.8. The standard InChI is InChI=1S/C51H88O7/c1-8-10-11-12-13-14-15-16-17-18-19-20-21-22-45(52)56-34-44-46(53)47(54)48(55)49(58-44)57-39-29-31-50(6)38(33-39)25-26-40-42-28-27-41(51(42,7)32-30-43(40)50)36(5)23-24-37(9-2)35(3)4/h23-25,35-37,39-44,46-49,53-55H,8-22,26-34H2,1-7H3/b24-23+/t36?,37-,39?,40-,41+,42-,43-,44+,46+,47-,48+,49+,50-,51+/m0/s1. The minimum absolute atomic E-state index is 0.146. The molecular weight excluding hydrogens is 725 g/mol. The topological polar surface area (TPSA) is 105 Å². The van der Waals surface area contributed by atoms with Crippen LogP contribution in [-0.4, -0.2) is 64.7 Å². The Morgan fingerprint density at radius 1 is 0.810 bits per heavy atom. The van der Waals surface area contributed by atoms with Crippen LogP contribution in [0.5, 0.6) is 0 Å². The average molecular weight is 813 g/mol. The summed E-state index contributed by atoms with van der Waals surface area (Å²) in [6, 6.07) is 0. The van der Waals surface area contributed by atoms with E-state index in [0.717, 1.165) is 62.7 Å². The summed E-state index contributed by atoms with van der Waals surface area (Å²) in [5.74, 6) is 4.62. The molecular formula is C51H88O7. The lowest BCUT2D eigenvalue weighted by molar-refractivity contribution is -0.313. The van der Waals surface area contributed by atoms with Gasteiger partial charge in [0.1, 0.15) is 31.0 Å². The first-order valence-electron chi connectivity index (χ1n) is 24.7. The molecule has 0 radical (unpaired) electrons. The summed E-state index contributed by atoms with van der Waals surface area (Å²) in [6.07, 6.45) is 28.1. The number of aliphatic hydroxyl groups excluding tert-OH is 3. The second-order valence-corrected chi connectivity index (χ2v) is 20.7. The van der Waals surface area contributed by atoms with Gasteiger partial charge < -0.3 is 29.5 Å². The number of ether oxygens (including phenoxy) is 3. The van der Waals surface area contributed by atoms with Crippen molar-refractivity contribution in [3.63, 3.8) is 0 Å². The van der Waals surface area contributed by atoms with E-state index in [9.17, 15) is 20.1 Å². The molecule has 1 heterocycles. The summed E-state index contributed by atoms with van der Waals surface area (Å²) in [6.45, 7) is 16.7. The van der Waals surface area contributed by atoms with Crippen molar-refractivity contribution in [2.45, 2.75) is 233 Å². The maximum Gasteiger partial charge on any atom is 0.305 e. The number of aliphatic hydroxyl groups is 3. The minimum atomic E-state index is -1.44. The average Bonchev–Trinajstić information content (AvgIpc) is 3.56. The molecule has 7 heteroatoms. The second-order valence-electron chi connectivity index (χ2n) is 20.7. The molecule has 0 aromatic heterocycles. The van der Waals surface area contributed by atoms with Gasteiger partial charge in [-0.25, -0.2) is 0 Å². The second kappa shape index (κ2) is 22.7. The molecule has 58 heavy (non-hydrogen) atoms. The van der Waals surface area contributed by atoms with Crippen LogP contribution in [0.3, 0.4) is 0 Å². The Balaban J connectivity index is 1.05. The molecule has 0 bridgehead atoms. The molecule has 334 valence electrons. The van der Waals surface area contributed by atoms with Crippen LogP contribution in [0.1, 0.15) is 196 Å². The summed E-state index contributed by atoms with van der Waals surface area (Å²) >= 11 is 0. The van der Waals surface area contributed by atoms with E-state index in [1.807, 2.05) is 0 Å². The van der Waals surface area contributed by atoms with Crippen molar-refractivity contribution >= 4 is 5.97 Å². The highest BCUT2D eigenvalue weighted by atomic mass is 16.7. The van der Waals surface area contributed by atoms with E-state index in [4.69, 9.17) is 14.2 Å². The minimum Gasteiger partial charge on any atom is -0.463 e. The molecule has 0 aromatic rings. The largest absolute Gasteiger partial charge is 0.463 e. The van der Waals surface area contributed by atoms with Gasteiger partial charge in [0, 0.05) is 6.42 Å². The number of esters is 1. The molecule has 14 atom stereocenters. The number of carbonyl (C=O) groups is 1. The van der Waals surface area contributed by atoms with Gasteiger partial charge in [-0.05, 0) is 116 Å². The summed E-state index contributed by atoms with van der Waals surface area (Å²) < 4.78 is 18.0. The molecule has 0 spiro atoms. The van der Waals surface area contributed by atoms with Crippen molar-refractivity contribution < 1.29 is 34.3 Å². The maximum absolute atomic E-state index is 12.6. The van der Waals surface area contributed by atoms with Crippen LogP contribution in [0.25, 0.3) is 0 Å². The Hall–Kier alpha value is -1.25. The monoisotopic (exact) mass is 813 g/mol. The number of carbonyl (C=O) groups excluding carboxylic acids is 1. The normalized spacial score (nSPS) is 37.3. The molecule has 4 aliphatic carbocycles. The van der Waals surface area contributed by atoms with Crippen molar-refractivity contribution in [1.29, 1.82) is 0 Å². The molecule has 7 nitrogen and oxygen atoms in total. The highest BCUT2D eigenvalue weighted by molar-refractivity contribution is 5.69. The van der Waals surface area contributed by atoms with Crippen molar-refractivity contribution in [2.24, 2.45) is 52.3 Å². The van der Waals surface area contributed by atoms with Crippen molar-refractivity contribution in [3.05, 3.63) is 23.8 Å². The molecule has 3 N–H and O–H groups in total. The highest BCUT2D eigenvalue weighted by Crippen LogP contribution is 2.67. The van der Waals surface area contributed by atoms with E-state index >= 15 is 0 Å². The first kappa shape index (κ1) is 47.8. The molecule has 5 aliphatic rings. The van der Waals surface area contributed by atoms with Gasteiger partial charge in [-0.3, -0.25) is 4.79 Å². The third-order valence-electron chi connectivity index (χ3n) is 16.6. The van der Waals surface area contributed by atoms with E-state index in [-0.39, 0.29) is 24.1 Å². The predicted octanol–water partition coefficient (Wildman–Crippen LogP) is 11.7. The van der Waals surface area contributed by atoms with Gasteiger partial charge in [0.25, 0.3) is 0 Å². The van der Waals surface area contributed by atoms with Gasteiger partial charge in [0.2, 0.25) is 0 Å². The number of fused-ring (bicyclic) bond motifs is 5. The number of allylic oxidation sites excluding steroid dienone is 3. The van der Waals surface area contributed by atoms with Gasteiger partial charge in [-0.15, -0.1) is 0 Å². The molecule has 3 saturated carbocycles. The van der Waals surface area contributed by atoms with Crippen LogP contribution in [0.15, 0.2) is 23.8 Å². The first-order valence-corrected chi connectivity index (χ1v) is 24.7. The third-order valence-corrected chi connectivity index (χ3v) is 16.6.